The average Bonchev–Trinajstić information content (AvgIpc) is 3.50. The van der Waals surface area contributed by atoms with Crippen LogP contribution in [0.5, 0.6) is 0 Å². The van der Waals surface area contributed by atoms with Gasteiger partial charge in [0.2, 0.25) is 5.91 Å². The molecule has 0 spiro atoms. The standard InChI is InChI=1S/C23H26N4O2/c1-25-20-5-3-2-4-18(20)14-19(23(25)29)21-24-10-13-27(21)15-16-8-11-26(12-9-16)22(28)17-6-7-17/h2-5,10,13-14,16-17H,6-9,11-12,15H2,1H3. The lowest BCUT2D eigenvalue weighted by atomic mass is 9.96. The van der Waals surface area contributed by atoms with E-state index in [4.69, 9.17) is 0 Å². The van der Waals surface area contributed by atoms with Crippen molar-refractivity contribution in [1.29, 1.82) is 0 Å². The molecular formula is C23H26N4O2. The molecule has 1 aliphatic heterocycles. The number of likely N-dealkylation sites (tertiary alicyclic amines) is 1. The predicted molar refractivity (Wildman–Crippen MR) is 112 cm³/mol. The lowest BCUT2D eigenvalue weighted by Crippen LogP contribution is -2.40. The summed E-state index contributed by atoms with van der Waals surface area (Å²) in [6.07, 6.45) is 7.88. The molecule has 6 nitrogen and oxygen atoms in total. The van der Waals surface area contributed by atoms with E-state index in [1.807, 2.05) is 48.5 Å². The van der Waals surface area contributed by atoms with Gasteiger partial charge in [-0.25, -0.2) is 4.98 Å². The summed E-state index contributed by atoms with van der Waals surface area (Å²) >= 11 is 0. The monoisotopic (exact) mass is 390 g/mol. The van der Waals surface area contributed by atoms with Crippen molar-refractivity contribution in [3.63, 3.8) is 0 Å². The number of aromatic nitrogens is 3. The van der Waals surface area contributed by atoms with Gasteiger partial charge >= 0.3 is 0 Å². The SMILES string of the molecule is Cn1c(=O)c(-c2nccn2CC2CCN(C(=O)C3CC3)CC2)cc2ccccc21. The van der Waals surface area contributed by atoms with Crippen molar-refractivity contribution in [3.8, 4) is 11.4 Å². The first kappa shape index (κ1) is 18.2. The van der Waals surface area contributed by atoms with Crippen LogP contribution in [0.25, 0.3) is 22.3 Å². The summed E-state index contributed by atoms with van der Waals surface area (Å²) in [4.78, 5) is 31.8. The van der Waals surface area contributed by atoms with Crippen molar-refractivity contribution < 1.29 is 4.79 Å². The highest BCUT2D eigenvalue weighted by atomic mass is 16.2. The molecule has 3 heterocycles. The van der Waals surface area contributed by atoms with Gasteiger partial charge in [-0.15, -0.1) is 0 Å². The predicted octanol–water partition coefficient (Wildman–Crippen LogP) is 3.05. The van der Waals surface area contributed by atoms with Crippen LogP contribution in [0.15, 0.2) is 47.5 Å². The Labute approximate surface area is 169 Å². The summed E-state index contributed by atoms with van der Waals surface area (Å²) in [7, 11) is 1.81. The Morgan fingerprint density at radius 1 is 1.14 bits per heavy atom. The van der Waals surface area contributed by atoms with E-state index >= 15 is 0 Å². The third-order valence-electron chi connectivity index (χ3n) is 6.40. The number of carbonyl (C=O) groups excluding carboxylic acids is 1. The van der Waals surface area contributed by atoms with Gasteiger partial charge in [0, 0.05) is 45.0 Å². The number of carbonyl (C=O) groups is 1. The van der Waals surface area contributed by atoms with E-state index < -0.39 is 0 Å². The minimum atomic E-state index is -0.0269. The van der Waals surface area contributed by atoms with Crippen LogP contribution in [0, 0.1) is 11.8 Å². The zero-order valence-corrected chi connectivity index (χ0v) is 16.8. The van der Waals surface area contributed by atoms with Gasteiger partial charge in [0.05, 0.1) is 11.1 Å². The van der Waals surface area contributed by atoms with Gasteiger partial charge < -0.3 is 14.0 Å². The molecule has 1 aromatic carbocycles. The molecule has 2 fully saturated rings. The molecule has 150 valence electrons. The van der Waals surface area contributed by atoms with Gasteiger partial charge in [-0.3, -0.25) is 9.59 Å². The van der Waals surface area contributed by atoms with E-state index in [-0.39, 0.29) is 5.56 Å². The number of hydrogen-bond donors (Lipinski definition) is 0. The summed E-state index contributed by atoms with van der Waals surface area (Å²) < 4.78 is 3.81. The number of imidazole rings is 1. The molecule has 0 atom stereocenters. The number of pyridine rings is 1. The molecule has 2 aliphatic rings. The molecule has 29 heavy (non-hydrogen) atoms. The summed E-state index contributed by atoms with van der Waals surface area (Å²) in [6, 6.07) is 9.87. The van der Waals surface area contributed by atoms with Gasteiger partial charge in [-0.2, -0.15) is 0 Å². The second kappa shape index (κ2) is 7.17. The normalized spacial score (nSPS) is 17.8. The number of rotatable bonds is 4. The topological polar surface area (TPSA) is 60.1 Å². The Morgan fingerprint density at radius 2 is 1.90 bits per heavy atom. The molecule has 1 aliphatic carbocycles. The Hall–Kier alpha value is -2.89. The van der Waals surface area contributed by atoms with Crippen LogP contribution in [0.2, 0.25) is 0 Å². The fourth-order valence-electron chi connectivity index (χ4n) is 4.49. The fourth-order valence-corrected chi connectivity index (χ4v) is 4.49. The third kappa shape index (κ3) is 3.37. The quantitative estimate of drug-likeness (QED) is 0.688. The fraction of sp³-hybridized carbons (Fsp3) is 0.435. The summed E-state index contributed by atoms with van der Waals surface area (Å²) in [5.74, 6) is 1.88. The van der Waals surface area contributed by atoms with E-state index in [0.29, 0.717) is 23.3 Å². The maximum atomic E-state index is 13.0. The molecule has 0 N–H and O–H groups in total. The molecule has 3 aromatic rings. The van der Waals surface area contributed by atoms with Gasteiger partial charge in [-0.1, -0.05) is 18.2 Å². The smallest absolute Gasteiger partial charge is 0.261 e. The lowest BCUT2D eigenvalue weighted by molar-refractivity contribution is -0.134. The van der Waals surface area contributed by atoms with E-state index in [9.17, 15) is 9.59 Å². The van der Waals surface area contributed by atoms with Crippen molar-refractivity contribution in [1.82, 2.24) is 19.0 Å². The van der Waals surface area contributed by atoms with Crippen LogP contribution in [-0.2, 0) is 18.4 Å². The summed E-state index contributed by atoms with van der Waals surface area (Å²) in [5.41, 5.74) is 1.53. The van der Waals surface area contributed by atoms with Gasteiger partial charge in [-0.05, 0) is 49.1 Å². The number of fused-ring (bicyclic) bond motifs is 1. The van der Waals surface area contributed by atoms with Crippen LogP contribution in [0.3, 0.4) is 0 Å². The highest BCUT2D eigenvalue weighted by Crippen LogP contribution is 2.33. The number of benzene rings is 1. The van der Waals surface area contributed by atoms with Crippen molar-refractivity contribution in [2.45, 2.75) is 32.2 Å². The van der Waals surface area contributed by atoms with E-state index in [1.54, 1.807) is 10.8 Å². The zero-order valence-electron chi connectivity index (χ0n) is 16.8. The molecule has 5 rings (SSSR count). The van der Waals surface area contributed by atoms with E-state index in [0.717, 1.165) is 62.0 Å². The Kier molecular flexibility index (Phi) is 4.49. The minimum Gasteiger partial charge on any atom is -0.342 e. The maximum absolute atomic E-state index is 13.0. The maximum Gasteiger partial charge on any atom is 0.261 e. The lowest BCUT2D eigenvalue weighted by Gasteiger charge is -2.32. The second-order valence-electron chi connectivity index (χ2n) is 8.43. The number of nitrogens with zero attached hydrogens (tertiary/aromatic N) is 4. The van der Waals surface area contributed by atoms with Gasteiger partial charge in [0.1, 0.15) is 5.82 Å². The first-order valence-corrected chi connectivity index (χ1v) is 10.5. The highest BCUT2D eigenvalue weighted by molar-refractivity contribution is 5.83. The van der Waals surface area contributed by atoms with Gasteiger partial charge in [0.15, 0.2) is 0 Å². The Balaban J connectivity index is 1.37. The first-order chi connectivity index (χ1) is 14.1. The van der Waals surface area contributed by atoms with Crippen LogP contribution in [-0.4, -0.2) is 38.0 Å². The van der Waals surface area contributed by atoms with Crippen LogP contribution >= 0.6 is 0 Å². The highest BCUT2D eigenvalue weighted by Gasteiger charge is 2.35. The summed E-state index contributed by atoms with van der Waals surface area (Å²) in [6.45, 7) is 2.53. The van der Waals surface area contributed by atoms with E-state index in [1.165, 1.54) is 0 Å². The average molecular weight is 390 g/mol. The molecule has 6 heteroatoms. The minimum absolute atomic E-state index is 0.0269. The largest absolute Gasteiger partial charge is 0.342 e. The van der Waals surface area contributed by atoms with Gasteiger partial charge in [0.25, 0.3) is 5.56 Å². The number of hydrogen-bond acceptors (Lipinski definition) is 3. The summed E-state index contributed by atoms with van der Waals surface area (Å²) in [5, 5.41) is 1.03. The van der Waals surface area contributed by atoms with Crippen molar-refractivity contribution in [2.24, 2.45) is 18.9 Å². The third-order valence-corrected chi connectivity index (χ3v) is 6.40. The van der Waals surface area contributed by atoms with Crippen LogP contribution in [0.1, 0.15) is 25.7 Å². The first-order valence-electron chi connectivity index (χ1n) is 10.5. The molecule has 0 unspecified atom stereocenters. The van der Waals surface area contributed by atoms with Crippen LogP contribution in [0.4, 0.5) is 0 Å². The molecule has 1 amide bonds. The van der Waals surface area contributed by atoms with Crippen molar-refractivity contribution in [2.75, 3.05) is 13.1 Å². The van der Waals surface area contributed by atoms with Crippen LogP contribution < -0.4 is 5.56 Å². The van der Waals surface area contributed by atoms with E-state index in [2.05, 4.69) is 9.55 Å². The molecular weight excluding hydrogens is 364 g/mol. The Bertz CT molecular complexity index is 1120. The van der Waals surface area contributed by atoms with Crippen molar-refractivity contribution in [3.05, 3.63) is 53.1 Å². The molecule has 0 radical (unpaired) electrons. The molecule has 0 bridgehead atoms. The Morgan fingerprint density at radius 3 is 2.66 bits per heavy atom. The zero-order chi connectivity index (χ0) is 20.0. The number of piperidine rings is 1. The molecule has 1 saturated heterocycles. The molecule has 1 saturated carbocycles. The number of amides is 1. The number of aryl methyl sites for hydroxylation is 1. The number of para-hydroxylation sites is 1. The molecule has 2 aromatic heterocycles. The van der Waals surface area contributed by atoms with Crippen molar-refractivity contribution >= 4 is 16.8 Å². The second-order valence-corrected chi connectivity index (χ2v) is 8.43.